The van der Waals surface area contributed by atoms with Crippen LogP contribution in [0.1, 0.15) is 22.4 Å². The third-order valence-corrected chi connectivity index (χ3v) is 3.82. The summed E-state index contributed by atoms with van der Waals surface area (Å²) in [6, 6.07) is 12.0. The minimum atomic E-state index is 0.0142. The summed E-state index contributed by atoms with van der Waals surface area (Å²) in [4.78, 5) is 16.5. The van der Waals surface area contributed by atoms with E-state index in [0.717, 1.165) is 16.9 Å². The molecular formula is C18H19N3O. The van der Waals surface area contributed by atoms with E-state index in [2.05, 4.69) is 36.3 Å². The van der Waals surface area contributed by atoms with Crippen LogP contribution in [0.25, 0.3) is 5.65 Å². The predicted octanol–water partition coefficient (Wildman–Crippen LogP) is 2.81. The number of carbonyl (C=O) groups is 1. The van der Waals surface area contributed by atoms with Gasteiger partial charge < -0.3 is 9.72 Å². The number of imidazole rings is 1. The first-order chi connectivity index (χ1) is 10.6. The monoisotopic (exact) mass is 293 g/mol. The summed E-state index contributed by atoms with van der Waals surface area (Å²) < 4.78 is 1.95. The van der Waals surface area contributed by atoms with Gasteiger partial charge in [-0.25, -0.2) is 4.98 Å². The molecule has 1 N–H and O–H groups in total. The largest absolute Gasteiger partial charge is 0.350 e. The number of nitrogens with one attached hydrogen (secondary N) is 1. The van der Waals surface area contributed by atoms with Gasteiger partial charge >= 0.3 is 0 Å². The van der Waals surface area contributed by atoms with E-state index in [1.54, 1.807) is 0 Å². The average molecular weight is 293 g/mol. The van der Waals surface area contributed by atoms with E-state index in [9.17, 15) is 4.79 Å². The first-order valence-electron chi connectivity index (χ1n) is 7.37. The van der Waals surface area contributed by atoms with Crippen LogP contribution in [0.3, 0.4) is 0 Å². The molecule has 0 radical (unpaired) electrons. The zero-order valence-electron chi connectivity index (χ0n) is 12.8. The number of fused-ring (bicyclic) bond motifs is 1. The Morgan fingerprint density at radius 3 is 2.82 bits per heavy atom. The molecule has 0 bridgehead atoms. The van der Waals surface area contributed by atoms with Crippen molar-refractivity contribution in [1.29, 1.82) is 0 Å². The lowest BCUT2D eigenvalue weighted by Gasteiger charge is -2.06. The highest BCUT2D eigenvalue weighted by molar-refractivity contribution is 5.78. The summed E-state index contributed by atoms with van der Waals surface area (Å²) in [6.45, 7) is 4.58. The van der Waals surface area contributed by atoms with Crippen molar-refractivity contribution in [2.75, 3.05) is 0 Å². The molecule has 0 aliphatic rings. The minimum absolute atomic E-state index is 0.0142. The number of hydrogen-bond acceptors (Lipinski definition) is 2. The number of carbonyl (C=O) groups excluding carboxylic acids is 1. The van der Waals surface area contributed by atoms with Crippen LogP contribution in [-0.2, 0) is 17.8 Å². The molecule has 0 fully saturated rings. The molecule has 2 heterocycles. The highest BCUT2D eigenvalue weighted by Crippen LogP contribution is 2.10. The molecule has 112 valence electrons. The Kier molecular flexibility index (Phi) is 3.92. The van der Waals surface area contributed by atoms with Crippen LogP contribution in [0.2, 0.25) is 0 Å². The maximum absolute atomic E-state index is 12.1. The molecule has 22 heavy (non-hydrogen) atoms. The molecule has 3 aromatic rings. The average Bonchev–Trinajstić information content (AvgIpc) is 2.92. The van der Waals surface area contributed by atoms with E-state index < -0.39 is 0 Å². The highest BCUT2D eigenvalue weighted by Gasteiger charge is 2.06. The topological polar surface area (TPSA) is 46.4 Å². The maximum atomic E-state index is 12.1. The standard InChI is InChI=1S/C18H19N3O/c1-13-6-7-15(9-14(13)2)10-18(22)19-11-16-12-21-8-4-3-5-17(21)20-16/h3-9,12H,10-11H2,1-2H3,(H,19,22). The fourth-order valence-corrected chi connectivity index (χ4v) is 2.42. The molecule has 1 aromatic carbocycles. The summed E-state index contributed by atoms with van der Waals surface area (Å²) in [6.07, 6.45) is 4.28. The van der Waals surface area contributed by atoms with Crippen molar-refractivity contribution in [3.05, 3.63) is 71.2 Å². The normalized spacial score (nSPS) is 10.8. The van der Waals surface area contributed by atoms with Crippen LogP contribution in [0.4, 0.5) is 0 Å². The maximum Gasteiger partial charge on any atom is 0.224 e. The molecule has 1 amide bonds. The first kappa shape index (κ1) is 14.3. The lowest BCUT2D eigenvalue weighted by Crippen LogP contribution is -2.24. The summed E-state index contributed by atoms with van der Waals surface area (Å²) in [5, 5.41) is 2.93. The minimum Gasteiger partial charge on any atom is -0.350 e. The molecule has 4 nitrogen and oxygen atoms in total. The number of benzene rings is 1. The van der Waals surface area contributed by atoms with Crippen LogP contribution in [0.15, 0.2) is 48.8 Å². The third-order valence-electron chi connectivity index (χ3n) is 3.82. The number of pyridine rings is 1. The Morgan fingerprint density at radius 2 is 2.05 bits per heavy atom. The number of rotatable bonds is 4. The summed E-state index contributed by atoms with van der Waals surface area (Å²) in [5.41, 5.74) is 5.25. The smallest absolute Gasteiger partial charge is 0.224 e. The Bertz CT molecular complexity index is 787. The molecule has 2 aromatic heterocycles. The van der Waals surface area contributed by atoms with E-state index in [-0.39, 0.29) is 5.91 Å². The van der Waals surface area contributed by atoms with Gasteiger partial charge in [0.25, 0.3) is 0 Å². The molecule has 0 unspecified atom stereocenters. The first-order valence-corrected chi connectivity index (χ1v) is 7.37. The van der Waals surface area contributed by atoms with Crippen molar-refractivity contribution >= 4 is 11.6 Å². The van der Waals surface area contributed by atoms with Crippen molar-refractivity contribution in [3.8, 4) is 0 Å². The van der Waals surface area contributed by atoms with Gasteiger partial charge in [-0.15, -0.1) is 0 Å². The molecule has 3 rings (SSSR count). The zero-order chi connectivity index (χ0) is 15.5. The highest BCUT2D eigenvalue weighted by atomic mass is 16.1. The lowest BCUT2D eigenvalue weighted by atomic mass is 10.0. The quantitative estimate of drug-likeness (QED) is 0.804. The van der Waals surface area contributed by atoms with Gasteiger partial charge in [0.2, 0.25) is 5.91 Å². The lowest BCUT2D eigenvalue weighted by molar-refractivity contribution is -0.120. The number of nitrogens with zero attached hydrogens (tertiary/aromatic N) is 2. The van der Waals surface area contributed by atoms with Gasteiger partial charge in [0, 0.05) is 12.4 Å². The van der Waals surface area contributed by atoms with Gasteiger partial charge in [-0.3, -0.25) is 4.79 Å². The second kappa shape index (κ2) is 6.02. The Labute approximate surface area is 129 Å². The van der Waals surface area contributed by atoms with Gasteiger partial charge in [-0.1, -0.05) is 24.3 Å². The zero-order valence-corrected chi connectivity index (χ0v) is 12.8. The van der Waals surface area contributed by atoms with E-state index in [1.807, 2.05) is 41.1 Å². The van der Waals surface area contributed by atoms with Gasteiger partial charge in [0.15, 0.2) is 0 Å². The van der Waals surface area contributed by atoms with Gasteiger partial charge in [-0.2, -0.15) is 0 Å². The summed E-state index contributed by atoms with van der Waals surface area (Å²) in [5.74, 6) is 0.0142. The van der Waals surface area contributed by atoms with E-state index in [1.165, 1.54) is 11.1 Å². The molecule has 0 spiro atoms. The molecular weight excluding hydrogens is 274 g/mol. The van der Waals surface area contributed by atoms with Gasteiger partial charge in [-0.05, 0) is 42.7 Å². The van der Waals surface area contributed by atoms with Crippen LogP contribution < -0.4 is 5.32 Å². The van der Waals surface area contributed by atoms with Crippen LogP contribution in [-0.4, -0.2) is 15.3 Å². The third kappa shape index (κ3) is 3.17. The fourth-order valence-electron chi connectivity index (χ4n) is 2.42. The SMILES string of the molecule is Cc1ccc(CC(=O)NCc2cn3ccccc3n2)cc1C. The number of amides is 1. The Morgan fingerprint density at radius 1 is 1.18 bits per heavy atom. The molecule has 0 aliphatic heterocycles. The second-order valence-corrected chi connectivity index (χ2v) is 5.57. The van der Waals surface area contributed by atoms with Gasteiger partial charge in [0.1, 0.15) is 5.65 Å². The molecule has 0 saturated carbocycles. The second-order valence-electron chi connectivity index (χ2n) is 5.57. The van der Waals surface area contributed by atoms with E-state index in [0.29, 0.717) is 13.0 Å². The molecule has 0 aliphatic carbocycles. The van der Waals surface area contributed by atoms with E-state index in [4.69, 9.17) is 0 Å². The van der Waals surface area contributed by atoms with Gasteiger partial charge in [0.05, 0.1) is 18.7 Å². The van der Waals surface area contributed by atoms with Crippen molar-refractivity contribution in [1.82, 2.24) is 14.7 Å². The number of aromatic nitrogens is 2. The number of hydrogen-bond donors (Lipinski definition) is 1. The van der Waals surface area contributed by atoms with Crippen molar-refractivity contribution in [2.24, 2.45) is 0 Å². The van der Waals surface area contributed by atoms with Crippen molar-refractivity contribution in [3.63, 3.8) is 0 Å². The molecule has 0 atom stereocenters. The van der Waals surface area contributed by atoms with Crippen molar-refractivity contribution in [2.45, 2.75) is 26.8 Å². The van der Waals surface area contributed by atoms with E-state index >= 15 is 0 Å². The number of aryl methyl sites for hydroxylation is 2. The summed E-state index contributed by atoms with van der Waals surface area (Å²) >= 11 is 0. The van der Waals surface area contributed by atoms with Crippen molar-refractivity contribution < 1.29 is 4.79 Å². The summed E-state index contributed by atoms with van der Waals surface area (Å²) in [7, 11) is 0. The predicted molar refractivity (Wildman–Crippen MR) is 86.7 cm³/mol. The fraction of sp³-hybridized carbons (Fsp3) is 0.222. The molecule has 0 saturated heterocycles. The van der Waals surface area contributed by atoms with Crippen LogP contribution in [0.5, 0.6) is 0 Å². The van der Waals surface area contributed by atoms with Crippen LogP contribution >= 0.6 is 0 Å². The Balaban J connectivity index is 1.60. The molecule has 4 heteroatoms. The Hall–Kier alpha value is -2.62. The van der Waals surface area contributed by atoms with Crippen LogP contribution in [0, 0.1) is 13.8 Å².